The molecule has 0 aliphatic rings. The summed E-state index contributed by atoms with van der Waals surface area (Å²) in [5.74, 6) is -1.72. The van der Waals surface area contributed by atoms with Gasteiger partial charge in [-0.2, -0.15) is 9.78 Å². The van der Waals surface area contributed by atoms with E-state index in [4.69, 9.17) is 23.2 Å². The highest BCUT2D eigenvalue weighted by Crippen LogP contribution is 2.21. The summed E-state index contributed by atoms with van der Waals surface area (Å²) in [5.41, 5.74) is -0.976. The maximum absolute atomic E-state index is 13.7. The fourth-order valence-electron chi connectivity index (χ4n) is 2.14. The third-order valence-corrected chi connectivity index (χ3v) is 5.57. The Morgan fingerprint density at radius 2 is 1.70 bits per heavy atom. The molecule has 1 heterocycles. The first kappa shape index (κ1) is 19.3. The van der Waals surface area contributed by atoms with E-state index in [1.807, 2.05) is 4.72 Å². The van der Waals surface area contributed by atoms with Crippen LogP contribution in [0.25, 0.3) is 5.69 Å². The number of halogens is 4. The molecule has 0 aliphatic heterocycles. The van der Waals surface area contributed by atoms with Crippen molar-refractivity contribution < 1.29 is 17.2 Å². The van der Waals surface area contributed by atoms with Gasteiger partial charge in [-0.25, -0.2) is 17.2 Å². The Labute approximate surface area is 162 Å². The van der Waals surface area contributed by atoms with Gasteiger partial charge < -0.3 is 0 Å². The van der Waals surface area contributed by atoms with Crippen molar-refractivity contribution in [2.24, 2.45) is 0 Å². The summed E-state index contributed by atoms with van der Waals surface area (Å²) in [6.45, 7) is 0. The average Bonchev–Trinajstić information content (AvgIpc) is 2.63. The molecule has 1 aromatic heterocycles. The number of rotatable bonds is 4. The van der Waals surface area contributed by atoms with Gasteiger partial charge in [-0.1, -0.05) is 23.2 Å². The summed E-state index contributed by atoms with van der Waals surface area (Å²) in [6, 6.07) is 7.34. The lowest BCUT2D eigenvalue weighted by Crippen LogP contribution is -2.21. The fraction of sp³-hybridized carbons (Fsp3) is 0. The molecule has 0 aliphatic carbocycles. The number of benzene rings is 2. The third-order valence-electron chi connectivity index (χ3n) is 3.44. The van der Waals surface area contributed by atoms with Crippen LogP contribution in [0.15, 0.2) is 58.4 Å². The van der Waals surface area contributed by atoms with Gasteiger partial charge in [0, 0.05) is 6.07 Å². The molecule has 27 heavy (non-hydrogen) atoms. The Bertz CT molecular complexity index is 1180. The van der Waals surface area contributed by atoms with Crippen LogP contribution >= 0.6 is 23.2 Å². The van der Waals surface area contributed by atoms with Crippen molar-refractivity contribution in [2.45, 2.75) is 4.90 Å². The second-order valence-electron chi connectivity index (χ2n) is 5.25. The van der Waals surface area contributed by atoms with E-state index in [2.05, 4.69) is 5.10 Å². The van der Waals surface area contributed by atoms with Crippen molar-refractivity contribution in [2.75, 3.05) is 4.72 Å². The van der Waals surface area contributed by atoms with Crippen LogP contribution in [0.4, 0.5) is 14.5 Å². The first-order chi connectivity index (χ1) is 12.7. The van der Waals surface area contributed by atoms with E-state index < -0.39 is 32.9 Å². The van der Waals surface area contributed by atoms with Gasteiger partial charge in [0.1, 0.15) is 16.7 Å². The lowest BCUT2D eigenvalue weighted by molar-refractivity contribution is 0.594. The van der Waals surface area contributed by atoms with E-state index >= 15 is 0 Å². The lowest BCUT2D eigenvalue weighted by atomic mass is 10.3. The van der Waals surface area contributed by atoms with Crippen LogP contribution in [0.1, 0.15) is 0 Å². The van der Waals surface area contributed by atoms with Crippen LogP contribution in [-0.4, -0.2) is 18.2 Å². The van der Waals surface area contributed by atoms with Crippen molar-refractivity contribution >= 4 is 38.9 Å². The van der Waals surface area contributed by atoms with Crippen LogP contribution in [0.3, 0.4) is 0 Å². The summed E-state index contributed by atoms with van der Waals surface area (Å²) in [7, 11) is -4.19. The smallest absolute Gasteiger partial charge is 0.277 e. The molecule has 6 nitrogen and oxygen atoms in total. The summed E-state index contributed by atoms with van der Waals surface area (Å²) >= 11 is 11.5. The van der Waals surface area contributed by atoms with Crippen LogP contribution in [0.5, 0.6) is 0 Å². The minimum absolute atomic E-state index is 0.0153. The van der Waals surface area contributed by atoms with Gasteiger partial charge in [0.05, 0.1) is 27.5 Å². The van der Waals surface area contributed by atoms with Gasteiger partial charge in [-0.15, -0.1) is 0 Å². The molecule has 140 valence electrons. The van der Waals surface area contributed by atoms with Crippen molar-refractivity contribution in [1.82, 2.24) is 9.78 Å². The molecule has 0 radical (unpaired) electrons. The molecule has 2 aromatic carbocycles. The molecule has 3 aromatic rings. The van der Waals surface area contributed by atoms with E-state index in [0.29, 0.717) is 0 Å². The van der Waals surface area contributed by atoms with Crippen molar-refractivity contribution in [3.8, 4) is 5.69 Å². The molecule has 0 atom stereocenters. The van der Waals surface area contributed by atoms with E-state index in [-0.39, 0.29) is 20.6 Å². The first-order valence-electron chi connectivity index (χ1n) is 7.21. The van der Waals surface area contributed by atoms with Gasteiger partial charge in [0.15, 0.2) is 0 Å². The third kappa shape index (κ3) is 3.95. The van der Waals surface area contributed by atoms with Crippen LogP contribution < -0.4 is 10.3 Å². The summed E-state index contributed by atoms with van der Waals surface area (Å²) in [5, 5.41) is 3.58. The van der Waals surface area contributed by atoms with Gasteiger partial charge in [-0.05, 0) is 36.4 Å². The highest BCUT2D eigenvalue weighted by atomic mass is 35.5. The minimum Gasteiger partial charge on any atom is -0.277 e. The molecule has 3 rings (SSSR count). The summed E-state index contributed by atoms with van der Waals surface area (Å²) in [6.07, 6.45) is 1.17. The van der Waals surface area contributed by atoms with Crippen molar-refractivity contribution in [3.63, 3.8) is 0 Å². The van der Waals surface area contributed by atoms with Crippen LogP contribution in [0.2, 0.25) is 10.0 Å². The Morgan fingerprint density at radius 1 is 1.04 bits per heavy atom. The number of hydrogen-bond acceptors (Lipinski definition) is 4. The number of nitrogens with one attached hydrogen (secondary N) is 1. The van der Waals surface area contributed by atoms with Gasteiger partial charge in [0.2, 0.25) is 0 Å². The Hall–Kier alpha value is -2.49. The highest BCUT2D eigenvalue weighted by Gasteiger charge is 2.17. The quantitative estimate of drug-likeness (QED) is 0.683. The maximum Gasteiger partial charge on any atom is 0.291 e. The van der Waals surface area contributed by atoms with Gasteiger partial charge in [-0.3, -0.25) is 9.52 Å². The molecule has 0 amide bonds. The molecule has 0 unspecified atom stereocenters. The number of hydrogen-bond donors (Lipinski definition) is 1. The number of anilines is 1. The zero-order chi connectivity index (χ0) is 19.8. The van der Waals surface area contributed by atoms with E-state index in [1.165, 1.54) is 30.5 Å². The maximum atomic E-state index is 13.7. The van der Waals surface area contributed by atoms with E-state index in [9.17, 15) is 22.0 Å². The standard InChI is InChI=1S/C16H9Cl2F2N3O3S/c17-12-8-21-23(16(24)15(12)18)10-2-4-11(5-3-10)27(25,26)22-14-7-9(19)1-6-13(14)20/h1-8,22H. The molecule has 0 fully saturated rings. The Morgan fingerprint density at radius 3 is 2.37 bits per heavy atom. The highest BCUT2D eigenvalue weighted by molar-refractivity contribution is 7.92. The van der Waals surface area contributed by atoms with E-state index in [1.54, 1.807) is 0 Å². The molecule has 1 N–H and O–H groups in total. The fourth-order valence-corrected chi connectivity index (χ4v) is 3.45. The predicted molar refractivity (Wildman–Crippen MR) is 97.0 cm³/mol. The monoisotopic (exact) mass is 431 g/mol. The molecule has 0 bridgehead atoms. The summed E-state index contributed by atoms with van der Waals surface area (Å²) in [4.78, 5) is 11.8. The average molecular weight is 432 g/mol. The Kier molecular flexibility index (Phi) is 5.18. The zero-order valence-electron chi connectivity index (χ0n) is 13.2. The molecule has 0 spiro atoms. The normalized spacial score (nSPS) is 11.4. The second kappa shape index (κ2) is 7.26. The number of nitrogens with zero attached hydrogens (tertiary/aromatic N) is 2. The molecule has 11 heteroatoms. The largest absolute Gasteiger partial charge is 0.291 e. The Balaban J connectivity index is 1.94. The lowest BCUT2D eigenvalue weighted by Gasteiger charge is -2.10. The van der Waals surface area contributed by atoms with Gasteiger partial charge in [0.25, 0.3) is 15.6 Å². The van der Waals surface area contributed by atoms with Crippen molar-refractivity contribution in [1.29, 1.82) is 0 Å². The summed E-state index contributed by atoms with van der Waals surface area (Å²) < 4.78 is 54.5. The van der Waals surface area contributed by atoms with Crippen LogP contribution in [-0.2, 0) is 10.0 Å². The topological polar surface area (TPSA) is 81.1 Å². The molecular formula is C16H9Cl2F2N3O3S. The predicted octanol–water partition coefficient (Wildman–Crippen LogP) is 3.62. The second-order valence-corrected chi connectivity index (χ2v) is 7.71. The first-order valence-corrected chi connectivity index (χ1v) is 9.44. The van der Waals surface area contributed by atoms with Crippen molar-refractivity contribution in [3.05, 3.63) is 80.7 Å². The number of aromatic nitrogens is 2. The molecular weight excluding hydrogens is 423 g/mol. The molecule has 0 saturated heterocycles. The molecule has 0 saturated carbocycles. The zero-order valence-corrected chi connectivity index (χ0v) is 15.5. The number of sulfonamides is 1. The van der Waals surface area contributed by atoms with E-state index in [0.717, 1.165) is 22.9 Å². The SMILES string of the molecule is O=c1c(Cl)c(Cl)cnn1-c1ccc(S(=O)(=O)Nc2cc(F)ccc2F)cc1. The minimum atomic E-state index is -4.19. The van der Waals surface area contributed by atoms with Crippen LogP contribution in [0, 0.1) is 11.6 Å². The van der Waals surface area contributed by atoms with Gasteiger partial charge >= 0.3 is 0 Å².